The van der Waals surface area contributed by atoms with Crippen LogP contribution in [0.4, 0.5) is 0 Å². The molecule has 4 nitrogen and oxygen atoms in total. The fourth-order valence-electron chi connectivity index (χ4n) is 2.64. The van der Waals surface area contributed by atoms with Gasteiger partial charge in [0.1, 0.15) is 6.29 Å². The second-order valence-corrected chi connectivity index (χ2v) is 6.50. The maximum absolute atomic E-state index is 11.9. The van der Waals surface area contributed by atoms with E-state index in [1.165, 1.54) is 11.8 Å². The van der Waals surface area contributed by atoms with Gasteiger partial charge in [0.25, 0.3) is 0 Å². The molecule has 156 valence electrons. The quantitative estimate of drug-likeness (QED) is 0.469. The number of carbonyl (C=O) groups excluding carboxylic acids is 2. The summed E-state index contributed by atoms with van der Waals surface area (Å²) in [7, 11) is 0. The number of benzene rings is 2. The summed E-state index contributed by atoms with van der Waals surface area (Å²) < 4.78 is 0. The van der Waals surface area contributed by atoms with Gasteiger partial charge in [-0.25, -0.2) is 0 Å². The van der Waals surface area contributed by atoms with E-state index in [0.717, 1.165) is 36.5 Å². The smallest absolute Gasteiger partial charge is 0.220 e. The van der Waals surface area contributed by atoms with Gasteiger partial charge in [-0.05, 0) is 42.1 Å². The zero-order valence-corrected chi connectivity index (χ0v) is 18.0. The summed E-state index contributed by atoms with van der Waals surface area (Å²) in [5.74, 6) is -0.0695. The van der Waals surface area contributed by atoms with Gasteiger partial charge < -0.3 is 15.8 Å². The predicted molar refractivity (Wildman–Crippen MR) is 120 cm³/mol. The Kier molecular flexibility index (Phi) is 15.6. The van der Waals surface area contributed by atoms with Gasteiger partial charge in [-0.3, -0.25) is 4.79 Å². The lowest BCUT2D eigenvalue weighted by Crippen LogP contribution is -2.37. The van der Waals surface area contributed by atoms with Gasteiger partial charge in [0.05, 0.1) is 6.04 Å². The van der Waals surface area contributed by atoms with Crippen molar-refractivity contribution in [2.75, 3.05) is 6.54 Å². The molecule has 0 aliphatic heterocycles. The number of aldehydes is 1. The Hall–Kier alpha value is -2.20. The van der Waals surface area contributed by atoms with E-state index < -0.39 is 6.04 Å². The van der Waals surface area contributed by atoms with Gasteiger partial charge in [0.2, 0.25) is 5.91 Å². The Labute approximate surface area is 170 Å². The van der Waals surface area contributed by atoms with Crippen molar-refractivity contribution >= 4 is 23.0 Å². The number of rotatable bonds is 9. The Balaban J connectivity index is 0.00000133. The van der Waals surface area contributed by atoms with Crippen molar-refractivity contribution in [1.29, 1.82) is 0 Å². The first-order chi connectivity index (χ1) is 13.6. The molecule has 0 aliphatic carbocycles. The van der Waals surface area contributed by atoms with Crippen LogP contribution in [-0.4, -0.2) is 24.8 Å². The average molecular weight is 387 g/mol. The molecule has 0 radical (unpaired) electrons. The number of hydrogen-bond acceptors (Lipinski definition) is 3. The van der Waals surface area contributed by atoms with Crippen LogP contribution in [-0.2, 0) is 16.0 Å². The summed E-state index contributed by atoms with van der Waals surface area (Å²) in [6.45, 7) is 8.90. The van der Waals surface area contributed by atoms with Gasteiger partial charge in [0.15, 0.2) is 0 Å². The summed E-state index contributed by atoms with van der Waals surface area (Å²) in [4.78, 5) is 23.1. The molecule has 0 aliphatic rings. The lowest BCUT2D eigenvalue weighted by atomic mass is 10.0. The summed E-state index contributed by atoms with van der Waals surface area (Å²) in [5.41, 5.74) is 6.47. The molecule has 0 fully saturated rings. The van der Waals surface area contributed by atoms with Crippen molar-refractivity contribution in [3.63, 3.8) is 0 Å². The molecule has 3 N–H and O–H groups in total. The number of nitrogens with two attached hydrogens (primary N) is 1. The molecule has 0 saturated heterocycles. The summed E-state index contributed by atoms with van der Waals surface area (Å²) >= 11 is 0. The second-order valence-electron chi connectivity index (χ2n) is 6.50. The molecule has 0 aromatic heterocycles. The van der Waals surface area contributed by atoms with Crippen LogP contribution in [0.3, 0.4) is 0 Å². The summed E-state index contributed by atoms with van der Waals surface area (Å²) in [5, 5.41) is 5.11. The average Bonchev–Trinajstić information content (AvgIpc) is 2.72. The minimum atomic E-state index is -0.474. The maximum atomic E-state index is 11.9. The first kappa shape index (κ1) is 25.8. The molecule has 0 heterocycles. The van der Waals surface area contributed by atoms with Crippen LogP contribution in [0.2, 0.25) is 0 Å². The topological polar surface area (TPSA) is 72.2 Å². The largest absolute Gasteiger partial charge is 0.346 e. The Morgan fingerprint density at radius 1 is 1.04 bits per heavy atom. The van der Waals surface area contributed by atoms with Gasteiger partial charge in [-0.15, -0.1) is 0 Å². The van der Waals surface area contributed by atoms with E-state index in [1.54, 1.807) is 0 Å². The fourth-order valence-corrected chi connectivity index (χ4v) is 2.64. The lowest BCUT2D eigenvalue weighted by molar-refractivity contribution is -0.124. The van der Waals surface area contributed by atoms with Crippen LogP contribution in [0.15, 0.2) is 42.5 Å². The van der Waals surface area contributed by atoms with Crippen LogP contribution in [0, 0.1) is 0 Å². The molecule has 1 amide bonds. The Morgan fingerprint density at radius 2 is 1.68 bits per heavy atom. The van der Waals surface area contributed by atoms with E-state index >= 15 is 0 Å². The van der Waals surface area contributed by atoms with Crippen molar-refractivity contribution in [1.82, 2.24) is 5.32 Å². The molecule has 2 aromatic rings. The van der Waals surface area contributed by atoms with Crippen molar-refractivity contribution < 1.29 is 9.59 Å². The minimum Gasteiger partial charge on any atom is -0.346 e. The van der Waals surface area contributed by atoms with Gasteiger partial charge in [0, 0.05) is 6.42 Å². The number of unbranched alkanes of at least 4 members (excludes halogenated alkanes) is 2. The molecule has 0 bridgehead atoms. The molecule has 28 heavy (non-hydrogen) atoms. The third-order valence-corrected chi connectivity index (χ3v) is 3.89. The van der Waals surface area contributed by atoms with Crippen molar-refractivity contribution in [2.24, 2.45) is 5.73 Å². The maximum Gasteiger partial charge on any atom is 0.220 e. The minimum absolute atomic E-state index is 0.0695. The van der Waals surface area contributed by atoms with Crippen LogP contribution < -0.4 is 11.1 Å². The molecular weight excluding hydrogens is 348 g/mol. The van der Waals surface area contributed by atoms with E-state index in [4.69, 9.17) is 5.73 Å². The molecular formula is C24H38N2O2. The van der Waals surface area contributed by atoms with E-state index in [9.17, 15) is 9.59 Å². The number of hydrogen-bond donors (Lipinski definition) is 2. The van der Waals surface area contributed by atoms with E-state index in [0.29, 0.717) is 19.4 Å². The molecule has 2 rings (SSSR count). The third kappa shape index (κ3) is 10.8. The van der Waals surface area contributed by atoms with Crippen molar-refractivity contribution in [3.05, 3.63) is 48.0 Å². The molecule has 4 heteroatoms. The van der Waals surface area contributed by atoms with Gasteiger partial charge in [-0.1, -0.05) is 83.0 Å². The van der Waals surface area contributed by atoms with Crippen LogP contribution in [0.5, 0.6) is 0 Å². The molecule has 0 saturated carbocycles. The molecule has 0 spiro atoms. The second kappa shape index (κ2) is 16.9. The highest BCUT2D eigenvalue weighted by molar-refractivity contribution is 5.83. The van der Waals surface area contributed by atoms with Crippen LogP contribution in [0.1, 0.15) is 65.4 Å². The SMILES string of the molecule is CC.CCC.NCCCCCC(=O)NC(C=O)Cc1ccc2ccccc2c1. The van der Waals surface area contributed by atoms with Crippen LogP contribution >= 0.6 is 0 Å². The Morgan fingerprint density at radius 3 is 2.29 bits per heavy atom. The summed E-state index contributed by atoms with van der Waals surface area (Å²) in [6, 6.07) is 13.7. The zero-order chi connectivity index (χ0) is 21.2. The van der Waals surface area contributed by atoms with Gasteiger partial charge >= 0.3 is 0 Å². The van der Waals surface area contributed by atoms with Crippen LogP contribution in [0.25, 0.3) is 10.8 Å². The predicted octanol–water partition coefficient (Wildman–Crippen LogP) is 5.03. The molecule has 1 unspecified atom stereocenters. The van der Waals surface area contributed by atoms with E-state index in [1.807, 2.05) is 44.2 Å². The molecule has 2 aromatic carbocycles. The number of carbonyl (C=O) groups is 2. The van der Waals surface area contributed by atoms with Crippen molar-refractivity contribution in [2.45, 2.75) is 72.3 Å². The fraction of sp³-hybridized carbons (Fsp3) is 0.500. The standard InChI is InChI=1S/C19H24N2O2.C3H8.C2H6/c20-11-5-1-2-8-19(23)21-18(14-22)13-15-9-10-16-6-3-4-7-17(16)12-15;1-3-2;1-2/h3-4,6-7,9-10,12,14,18H,1-2,5,8,11,13,20H2,(H,21,23);3H2,1-2H3;1-2H3. The Bertz CT molecular complexity index is 670. The zero-order valence-electron chi connectivity index (χ0n) is 18.0. The monoisotopic (exact) mass is 386 g/mol. The van der Waals surface area contributed by atoms with E-state index in [-0.39, 0.29) is 5.91 Å². The number of fused-ring (bicyclic) bond motifs is 1. The normalized spacial score (nSPS) is 10.8. The van der Waals surface area contributed by atoms with Crippen molar-refractivity contribution in [3.8, 4) is 0 Å². The highest BCUT2D eigenvalue weighted by Gasteiger charge is 2.12. The third-order valence-electron chi connectivity index (χ3n) is 3.89. The highest BCUT2D eigenvalue weighted by Crippen LogP contribution is 2.16. The number of nitrogens with one attached hydrogen (secondary N) is 1. The lowest BCUT2D eigenvalue weighted by Gasteiger charge is -2.13. The first-order valence-corrected chi connectivity index (χ1v) is 10.6. The summed E-state index contributed by atoms with van der Waals surface area (Å²) in [6.07, 6.45) is 5.71. The highest BCUT2D eigenvalue weighted by atomic mass is 16.2. The molecule has 1 atom stereocenters. The van der Waals surface area contributed by atoms with E-state index in [2.05, 4.69) is 31.3 Å². The first-order valence-electron chi connectivity index (χ1n) is 10.6. The number of amides is 1. The van der Waals surface area contributed by atoms with Gasteiger partial charge in [-0.2, -0.15) is 0 Å².